The van der Waals surface area contributed by atoms with Gasteiger partial charge >= 0.3 is 0 Å². The second-order valence-electron chi connectivity index (χ2n) is 2.11. The summed E-state index contributed by atoms with van der Waals surface area (Å²) in [5.41, 5.74) is 1.05. The first kappa shape index (κ1) is 8.97. The van der Waals surface area contributed by atoms with E-state index in [4.69, 9.17) is 11.6 Å². The van der Waals surface area contributed by atoms with E-state index in [0.717, 1.165) is 10.6 Å². The Kier molecular flexibility index (Phi) is 3.83. The molecule has 0 aromatic carbocycles. The van der Waals surface area contributed by atoms with Crippen LogP contribution in [0.2, 0.25) is 5.02 Å². The molecule has 0 saturated heterocycles. The maximum Gasteiger partial charge on any atom is 0.102 e. The summed E-state index contributed by atoms with van der Waals surface area (Å²) in [5, 5.41) is 7.53. The molecule has 62 valence electrons. The molecule has 1 N–H and O–H groups in total. The van der Waals surface area contributed by atoms with Crippen LogP contribution in [0.5, 0.6) is 0 Å². The smallest absolute Gasteiger partial charge is 0.102 e. The zero-order chi connectivity index (χ0) is 8.10. The van der Waals surface area contributed by atoms with Crippen molar-refractivity contribution in [2.75, 3.05) is 13.2 Å². The summed E-state index contributed by atoms with van der Waals surface area (Å²) < 4.78 is 11.6. The number of alkyl halides is 1. The maximum atomic E-state index is 11.6. The lowest BCUT2D eigenvalue weighted by atomic mass is 10.3. The summed E-state index contributed by atoms with van der Waals surface area (Å²) in [6.45, 7) is 0.722. The largest absolute Gasteiger partial charge is 0.310 e. The standard InChI is InChI=1S/C7H9ClFNS/c8-7-5-11-4-6(7)3-10-2-1-9/h4-5,10H,1-3H2. The van der Waals surface area contributed by atoms with E-state index in [1.54, 1.807) is 11.3 Å². The minimum absolute atomic E-state index is 0.332. The van der Waals surface area contributed by atoms with Crippen molar-refractivity contribution in [2.24, 2.45) is 0 Å². The van der Waals surface area contributed by atoms with Crippen LogP contribution in [0.1, 0.15) is 5.56 Å². The van der Waals surface area contributed by atoms with E-state index in [1.807, 2.05) is 10.8 Å². The van der Waals surface area contributed by atoms with Gasteiger partial charge in [-0.25, -0.2) is 4.39 Å². The average Bonchev–Trinajstić information content (AvgIpc) is 2.37. The number of rotatable bonds is 4. The van der Waals surface area contributed by atoms with Gasteiger partial charge in [0.05, 0.1) is 5.02 Å². The van der Waals surface area contributed by atoms with Gasteiger partial charge in [0.25, 0.3) is 0 Å². The van der Waals surface area contributed by atoms with Crippen LogP contribution in [0.25, 0.3) is 0 Å². The van der Waals surface area contributed by atoms with E-state index in [0.29, 0.717) is 13.1 Å². The Morgan fingerprint density at radius 1 is 1.55 bits per heavy atom. The summed E-state index contributed by atoms with van der Waals surface area (Å²) >= 11 is 7.35. The van der Waals surface area contributed by atoms with Gasteiger partial charge in [0.2, 0.25) is 0 Å². The fourth-order valence-corrected chi connectivity index (χ4v) is 1.78. The molecular formula is C7H9ClFNS. The first-order valence-electron chi connectivity index (χ1n) is 3.32. The van der Waals surface area contributed by atoms with Crippen LogP contribution in [-0.2, 0) is 6.54 Å². The normalized spacial score (nSPS) is 10.4. The molecule has 0 fully saturated rings. The molecule has 0 atom stereocenters. The van der Waals surface area contributed by atoms with Gasteiger partial charge in [-0.3, -0.25) is 0 Å². The highest BCUT2D eigenvalue weighted by Crippen LogP contribution is 2.19. The number of nitrogens with one attached hydrogen (secondary N) is 1. The van der Waals surface area contributed by atoms with Crippen molar-refractivity contribution < 1.29 is 4.39 Å². The molecule has 0 spiro atoms. The van der Waals surface area contributed by atoms with Crippen LogP contribution in [-0.4, -0.2) is 13.2 Å². The summed E-state index contributed by atoms with van der Waals surface area (Å²) in [5.74, 6) is 0. The van der Waals surface area contributed by atoms with Crippen molar-refractivity contribution >= 4 is 22.9 Å². The molecule has 0 saturated carbocycles. The topological polar surface area (TPSA) is 12.0 Å². The van der Waals surface area contributed by atoms with Gasteiger partial charge in [-0.15, -0.1) is 0 Å². The second kappa shape index (κ2) is 4.70. The van der Waals surface area contributed by atoms with Gasteiger partial charge < -0.3 is 5.32 Å². The van der Waals surface area contributed by atoms with Crippen molar-refractivity contribution in [3.8, 4) is 0 Å². The molecule has 0 amide bonds. The summed E-state index contributed by atoms with van der Waals surface area (Å²) in [6.07, 6.45) is 0. The van der Waals surface area contributed by atoms with E-state index in [1.165, 1.54) is 0 Å². The van der Waals surface area contributed by atoms with Crippen LogP contribution >= 0.6 is 22.9 Å². The third-order valence-corrected chi connectivity index (χ3v) is 2.55. The van der Waals surface area contributed by atoms with Crippen molar-refractivity contribution in [3.05, 3.63) is 21.3 Å². The average molecular weight is 194 g/mol. The third-order valence-electron chi connectivity index (χ3n) is 1.28. The van der Waals surface area contributed by atoms with Crippen molar-refractivity contribution in [1.82, 2.24) is 5.32 Å². The predicted molar refractivity (Wildman–Crippen MR) is 47.0 cm³/mol. The van der Waals surface area contributed by atoms with Gasteiger partial charge in [-0.2, -0.15) is 11.3 Å². The van der Waals surface area contributed by atoms with Crippen LogP contribution in [0.4, 0.5) is 4.39 Å². The van der Waals surface area contributed by atoms with Gasteiger partial charge in [-0.1, -0.05) is 11.6 Å². The lowest BCUT2D eigenvalue weighted by molar-refractivity contribution is 0.467. The first-order chi connectivity index (χ1) is 5.34. The molecular weight excluding hydrogens is 185 g/mol. The number of thiophene rings is 1. The Labute approximate surface area is 74.2 Å². The van der Waals surface area contributed by atoms with Crippen LogP contribution in [0.3, 0.4) is 0 Å². The van der Waals surface area contributed by atoms with Crippen LogP contribution in [0, 0.1) is 0 Å². The molecule has 0 radical (unpaired) electrons. The molecule has 1 aromatic heterocycles. The Morgan fingerprint density at radius 3 is 2.91 bits per heavy atom. The zero-order valence-corrected chi connectivity index (χ0v) is 7.51. The van der Waals surface area contributed by atoms with Crippen molar-refractivity contribution in [2.45, 2.75) is 6.54 Å². The minimum atomic E-state index is -0.332. The van der Waals surface area contributed by atoms with E-state index in [-0.39, 0.29) is 6.67 Å². The SMILES string of the molecule is FCCNCc1cscc1Cl. The van der Waals surface area contributed by atoms with Gasteiger partial charge in [0.1, 0.15) is 6.67 Å². The third kappa shape index (κ3) is 2.77. The molecule has 0 aliphatic heterocycles. The second-order valence-corrected chi connectivity index (χ2v) is 3.26. The Balaban J connectivity index is 2.32. The van der Waals surface area contributed by atoms with Crippen LogP contribution in [0.15, 0.2) is 10.8 Å². The number of hydrogen-bond acceptors (Lipinski definition) is 2. The van der Waals surface area contributed by atoms with Gasteiger partial charge in [0, 0.05) is 18.5 Å². The van der Waals surface area contributed by atoms with Crippen molar-refractivity contribution in [1.29, 1.82) is 0 Å². The molecule has 1 heterocycles. The molecule has 0 aliphatic rings. The number of halogens is 2. The summed E-state index contributed by atoms with van der Waals surface area (Å²) in [7, 11) is 0. The Bertz CT molecular complexity index is 214. The monoisotopic (exact) mass is 193 g/mol. The van der Waals surface area contributed by atoms with E-state index < -0.39 is 0 Å². The lowest BCUT2D eigenvalue weighted by Crippen LogP contribution is -2.15. The van der Waals surface area contributed by atoms with E-state index in [2.05, 4.69) is 5.32 Å². The van der Waals surface area contributed by atoms with Gasteiger partial charge in [0.15, 0.2) is 0 Å². The molecule has 4 heteroatoms. The number of hydrogen-bond donors (Lipinski definition) is 1. The van der Waals surface area contributed by atoms with Crippen LogP contribution < -0.4 is 5.32 Å². The highest BCUT2D eigenvalue weighted by atomic mass is 35.5. The van der Waals surface area contributed by atoms with Gasteiger partial charge in [-0.05, 0) is 10.9 Å². The lowest BCUT2D eigenvalue weighted by Gasteiger charge is -1.98. The van der Waals surface area contributed by atoms with E-state index in [9.17, 15) is 4.39 Å². The fraction of sp³-hybridized carbons (Fsp3) is 0.429. The molecule has 11 heavy (non-hydrogen) atoms. The summed E-state index contributed by atoms with van der Waals surface area (Å²) in [6, 6.07) is 0. The highest BCUT2D eigenvalue weighted by molar-refractivity contribution is 7.08. The van der Waals surface area contributed by atoms with Crippen molar-refractivity contribution in [3.63, 3.8) is 0 Å². The minimum Gasteiger partial charge on any atom is -0.310 e. The zero-order valence-electron chi connectivity index (χ0n) is 5.94. The molecule has 0 bridgehead atoms. The molecule has 1 nitrogen and oxygen atoms in total. The van der Waals surface area contributed by atoms with E-state index >= 15 is 0 Å². The summed E-state index contributed by atoms with van der Waals surface area (Å²) in [4.78, 5) is 0. The Morgan fingerprint density at radius 2 is 2.36 bits per heavy atom. The highest BCUT2D eigenvalue weighted by Gasteiger charge is 1.98. The molecule has 1 aromatic rings. The Hall–Kier alpha value is -0.120. The predicted octanol–water partition coefficient (Wildman–Crippen LogP) is 2.46. The molecule has 1 rings (SSSR count). The quantitative estimate of drug-likeness (QED) is 0.725. The fourth-order valence-electron chi connectivity index (χ4n) is 0.724. The maximum absolute atomic E-state index is 11.6. The molecule has 0 aliphatic carbocycles. The molecule has 0 unspecified atom stereocenters. The first-order valence-corrected chi connectivity index (χ1v) is 4.64.